The number of hydrogen-bond acceptors (Lipinski definition) is 4. The van der Waals surface area contributed by atoms with E-state index in [-0.39, 0.29) is 0 Å². The first-order valence-corrected chi connectivity index (χ1v) is 7.71. The van der Waals surface area contributed by atoms with E-state index in [1.165, 1.54) is 15.8 Å². The lowest BCUT2D eigenvalue weighted by atomic mass is 9.99. The van der Waals surface area contributed by atoms with Gasteiger partial charge >= 0.3 is 0 Å². The third kappa shape index (κ3) is 2.71. The normalized spacial score (nSPS) is 12.7. The molecule has 20 heavy (non-hydrogen) atoms. The molecule has 3 aromatic rings. The van der Waals surface area contributed by atoms with Crippen LogP contribution in [0.25, 0.3) is 10.9 Å². The number of aromatic nitrogens is 2. The highest BCUT2D eigenvalue weighted by Crippen LogP contribution is 2.26. The van der Waals surface area contributed by atoms with E-state index >= 15 is 0 Å². The van der Waals surface area contributed by atoms with Crippen LogP contribution in [0.1, 0.15) is 23.4 Å². The lowest BCUT2D eigenvalue weighted by Crippen LogP contribution is -2.23. The molecule has 2 heterocycles. The molecule has 0 spiro atoms. The molecule has 1 atom stereocenters. The van der Waals surface area contributed by atoms with Crippen LogP contribution in [0.2, 0.25) is 0 Å². The van der Waals surface area contributed by atoms with Crippen LogP contribution in [0.5, 0.6) is 0 Å². The molecule has 0 fully saturated rings. The fraction of sp³-hybridized carbons (Fsp3) is 0.250. The number of rotatable bonds is 5. The maximum absolute atomic E-state index is 4.44. The fourth-order valence-corrected chi connectivity index (χ4v) is 3.15. The van der Waals surface area contributed by atoms with Gasteiger partial charge in [-0.3, -0.25) is 9.97 Å². The second-order valence-electron chi connectivity index (χ2n) is 4.70. The topological polar surface area (TPSA) is 37.8 Å². The van der Waals surface area contributed by atoms with Gasteiger partial charge in [-0.1, -0.05) is 25.1 Å². The van der Waals surface area contributed by atoms with Gasteiger partial charge in [-0.15, -0.1) is 11.3 Å². The zero-order chi connectivity index (χ0) is 13.8. The maximum atomic E-state index is 4.44. The number of fused-ring (bicyclic) bond motifs is 1. The van der Waals surface area contributed by atoms with Crippen molar-refractivity contribution in [3.05, 3.63) is 58.7 Å². The Morgan fingerprint density at radius 1 is 1.25 bits per heavy atom. The average molecular weight is 283 g/mol. The molecule has 102 valence electrons. The summed E-state index contributed by atoms with van der Waals surface area (Å²) in [5, 5.41) is 4.81. The van der Waals surface area contributed by atoms with Crippen LogP contribution in [0.4, 0.5) is 0 Å². The molecule has 1 unspecified atom stereocenters. The number of nitrogens with one attached hydrogen (secondary N) is 1. The molecule has 0 saturated carbocycles. The summed E-state index contributed by atoms with van der Waals surface area (Å²) in [4.78, 5) is 9.92. The van der Waals surface area contributed by atoms with Crippen LogP contribution in [0.15, 0.2) is 48.2 Å². The average Bonchev–Trinajstić information content (AvgIpc) is 2.99. The van der Waals surface area contributed by atoms with Crippen molar-refractivity contribution < 1.29 is 0 Å². The van der Waals surface area contributed by atoms with Crippen LogP contribution in [0.3, 0.4) is 0 Å². The second-order valence-corrected chi connectivity index (χ2v) is 5.67. The summed E-state index contributed by atoms with van der Waals surface area (Å²) in [6, 6.07) is 10.7. The summed E-state index contributed by atoms with van der Waals surface area (Å²) in [7, 11) is 0. The number of pyridine rings is 1. The van der Waals surface area contributed by atoms with Crippen molar-refractivity contribution in [2.45, 2.75) is 19.4 Å². The highest BCUT2D eigenvalue weighted by molar-refractivity contribution is 7.09. The van der Waals surface area contributed by atoms with Crippen LogP contribution in [-0.4, -0.2) is 16.5 Å². The van der Waals surface area contributed by atoms with Crippen LogP contribution >= 0.6 is 11.3 Å². The number of thiazole rings is 1. The largest absolute Gasteiger partial charge is 0.310 e. The van der Waals surface area contributed by atoms with Crippen molar-refractivity contribution in [3.8, 4) is 0 Å². The predicted octanol–water partition coefficient (Wildman–Crippen LogP) is 3.58. The van der Waals surface area contributed by atoms with Crippen LogP contribution in [-0.2, 0) is 6.42 Å². The smallest absolute Gasteiger partial charge is 0.0794 e. The van der Waals surface area contributed by atoms with E-state index < -0.39 is 0 Å². The summed E-state index contributed by atoms with van der Waals surface area (Å²) in [5.74, 6) is 0. The molecule has 1 aromatic carbocycles. The summed E-state index contributed by atoms with van der Waals surface area (Å²) in [6.07, 6.45) is 4.82. The second kappa shape index (κ2) is 6.11. The molecular formula is C16H17N3S. The molecule has 0 saturated heterocycles. The molecule has 3 rings (SSSR count). The first kappa shape index (κ1) is 13.2. The first-order chi connectivity index (χ1) is 9.88. The number of para-hydroxylation sites is 1. The van der Waals surface area contributed by atoms with Crippen molar-refractivity contribution in [1.29, 1.82) is 0 Å². The van der Waals surface area contributed by atoms with E-state index in [0.29, 0.717) is 6.04 Å². The Bertz CT molecular complexity index is 674. The van der Waals surface area contributed by atoms with Gasteiger partial charge in [0.05, 0.1) is 11.0 Å². The number of hydrogen-bond donors (Lipinski definition) is 1. The minimum Gasteiger partial charge on any atom is -0.310 e. The number of likely N-dealkylation sites (N-methyl/N-ethyl adjacent to an activating group) is 1. The Morgan fingerprint density at radius 2 is 2.15 bits per heavy atom. The Balaban J connectivity index is 2.00. The van der Waals surface area contributed by atoms with Gasteiger partial charge in [-0.05, 0) is 24.2 Å². The lowest BCUT2D eigenvalue weighted by molar-refractivity contribution is 0.556. The molecule has 4 heteroatoms. The Labute approximate surface area is 122 Å². The molecule has 2 aromatic heterocycles. The maximum Gasteiger partial charge on any atom is 0.0794 e. The van der Waals surface area contributed by atoms with Gasteiger partial charge in [0.15, 0.2) is 0 Å². The zero-order valence-electron chi connectivity index (χ0n) is 11.4. The molecule has 3 nitrogen and oxygen atoms in total. The molecule has 1 N–H and O–H groups in total. The summed E-state index contributed by atoms with van der Waals surface area (Å²) in [6.45, 7) is 3.09. The summed E-state index contributed by atoms with van der Waals surface area (Å²) < 4.78 is 0. The predicted molar refractivity (Wildman–Crippen MR) is 84.0 cm³/mol. The molecule has 0 radical (unpaired) electrons. The van der Waals surface area contributed by atoms with Crippen molar-refractivity contribution in [2.75, 3.05) is 6.54 Å². The van der Waals surface area contributed by atoms with Gasteiger partial charge in [0, 0.05) is 35.1 Å². The van der Waals surface area contributed by atoms with Gasteiger partial charge in [-0.2, -0.15) is 0 Å². The standard InChI is InChI=1S/C16H17N3S/c1-2-18-16(9-12-10-17-11-20-12)14-7-8-19-15-6-4-3-5-13(14)15/h3-8,10-11,16,18H,2,9H2,1H3. The Hall–Kier alpha value is -1.78. The van der Waals surface area contributed by atoms with E-state index in [1.807, 2.05) is 24.0 Å². The Morgan fingerprint density at radius 3 is 2.95 bits per heavy atom. The van der Waals surface area contributed by atoms with Gasteiger partial charge in [0.2, 0.25) is 0 Å². The van der Waals surface area contributed by atoms with Gasteiger partial charge in [0.25, 0.3) is 0 Å². The van der Waals surface area contributed by atoms with Crippen molar-refractivity contribution in [2.24, 2.45) is 0 Å². The minimum atomic E-state index is 0.299. The van der Waals surface area contributed by atoms with Gasteiger partial charge in [0.1, 0.15) is 0 Å². The first-order valence-electron chi connectivity index (χ1n) is 6.83. The van der Waals surface area contributed by atoms with Crippen LogP contribution < -0.4 is 5.32 Å². The molecular weight excluding hydrogens is 266 g/mol. The molecule has 0 aliphatic carbocycles. The third-order valence-corrected chi connectivity index (χ3v) is 4.20. The molecule has 0 aliphatic heterocycles. The van der Waals surface area contributed by atoms with Crippen molar-refractivity contribution >= 4 is 22.2 Å². The van der Waals surface area contributed by atoms with Crippen molar-refractivity contribution in [3.63, 3.8) is 0 Å². The van der Waals surface area contributed by atoms with Crippen molar-refractivity contribution in [1.82, 2.24) is 15.3 Å². The lowest BCUT2D eigenvalue weighted by Gasteiger charge is -2.19. The zero-order valence-corrected chi connectivity index (χ0v) is 12.2. The molecule has 0 aliphatic rings. The highest BCUT2D eigenvalue weighted by atomic mass is 32.1. The van der Waals surface area contributed by atoms with Gasteiger partial charge in [-0.25, -0.2) is 0 Å². The highest BCUT2D eigenvalue weighted by Gasteiger charge is 2.15. The summed E-state index contributed by atoms with van der Waals surface area (Å²) >= 11 is 1.71. The molecule has 0 bridgehead atoms. The van der Waals surface area contributed by atoms with E-state index in [4.69, 9.17) is 0 Å². The molecule has 0 amide bonds. The van der Waals surface area contributed by atoms with E-state index in [1.54, 1.807) is 11.3 Å². The quantitative estimate of drug-likeness (QED) is 0.777. The van der Waals surface area contributed by atoms with Crippen LogP contribution in [0, 0.1) is 0 Å². The number of benzene rings is 1. The third-order valence-electron chi connectivity index (χ3n) is 3.40. The van der Waals surface area contributed by atoms with E-state index in [2.05, 4.69) is 46.5 Å². The van der Waals surface area contributed by atoms with E-state index in [0.717, 1.165) is 18.5 Å². The minimum absolute atomic E-state index is 0.299. The monoisotopic (exact) mass is 283 g/mol. The van der Waals surface area contributed by atoms with E-state index in [9.17, 15) is 0 Å². The Kier molecular flexibility index (Phi) is 4.04. The SMILES string of the molecule is CCNC(Cc1cncs1)c1ccnc2ccccc12. The number of nitrogens with zero attached hydrogens (tertiary/aromatic N) is 2. The van der Waals surface area contributed by atoms with Gasteiger partial charge < -0.3 is 5.32 Å². The summed E-state index contributed by atoms with van der Waals surface area (Å²) in [5.41, 5.74) is 4.26. The fourth-order valence-electron chi connectivity index (χ4n) is 2.50.